The van der Waals surface area contributed by atoms with E-state index in [1.54, 1.807) is 34.7 Å². The van der Waals surface area contributed by atoms with Crippen LogP contribution in [0.25, 0.3) is 0 Å². The van der Waals surface area contributed by atoms with E-state index in [0.29, 0.717) is 59.8 Å². The Labute approximate surface area is 310 Å². The zero-order chi connectivity index (χ0) is 36.5. The molecular weight excluding hydrogens is 670 g/mol. The van der Waals surface area contributed by atoms with Crippen LogP contribution < -0.4 is 39.1 Å². The summed E-state index contributed by atoms with van der Waals surface area (Å²) in [5, 5.41) is 7.35. The average Bonchev–Trinajstić information content (AvgIpc) is 3.70. The second kappa shape index (κ2) is 15.1. The SMILES string of the molecule is COc1ccc2cc1Oc1ccc(cc1)CC1NCCc3cc(OC)c(cc31)Oc1c(OC)c(OC)c(CNCc3ccco3)c3c1C(C2)N(C)CC3. The van der Waals surface area contributed by atoms with Gasteiger partial charge in [0.25, 0.3) is 0 Å². The van der Waals surface area contributed by atoms with Gasteiger partial charge in [0.05, 0.1) is 41.2 Å². The van der Waals surface area contributed by atoms with Crippen molar-refractivity contribution < 1.29 is 32.8 Å². The van der Waals surface area contributed by atoms with E-state index in [1.165, 1.54) is 22.3 Å². The lowest BCUT2D eigenvalue weighted by Crippen LogP contribution is -2.35. The number of furan rings is 1. The van der Waals surface area contributed by atoms with Crippen LogP contribution >= 0.6 is 0 Å². The van der Waals surface area contributed by atoms with Crippen molar-refractivity contribution in [3.63, 3.8) is 0 Å². The number of ether oxygens (including phenoxy) is 6. The van der Waals surface area contributed by atoms with Gasteiger partial charge in [0.1, 0.15) is 11.5 Å². The standard InChI is InChI=1S/C43H47N3O7/c1-46-17-15-31-33(25-44-24-30-7-6-18-51-30)41(49-4)43(50-5)42-40(31)35(46)20-27-10-13-36(47-2)38(21-27)52-29-11-8-26(9-12-29)19-34-32-23-39(53-42)37(48-3)22-28(32)14-16-45-34/h6-13,18,21-23,34-35,44-45H,14-17,19-20,24-25H2,1-5H3. The van der Waals surface area contributed by atoms with Crippen molar-refractivity contribution in [2.24, 2.45) is 0 Å². The molecule has 10 nitrogen and oxygen atoms in total. The number of nitrogens with one attached hydrogen (secondary N) is 2. The molecule has 6 bridgehead atoms. The number of benzene rings is 4. The summed E-state index contributed by atoms with van der Waals surface area (Å²) in [5.74, 6) is 6.11. The van der Waals surface area contributed by atoms with Crippen molar-refractivity contribution in [3.8, 4) is 46.0 Å². The maximum atomic E-state index is 7.17. The van der Waals surface area contributed by atoms with Crippen molar-refractivity contribution in [3.05, 3.63) is 118 Å². The summed E-state index contributed by atoms with van der Waals surface area (Å²) in [6.07, 6.45) is 4.88. The molecule has 2 atom stereocenters. The summed E-state index contributed by atoms with van der Waals surface area (Å²) in [6, 6.07) is 22.7. The predicted octanol–water partition coefficient (Wildman–Crippen LogP) is 7.70. The predicted molar refractivity (Wildman–Crippen MR) is 202 cm³/mol. The maximum Gasteiger partial charge on any atom is 0.204 e. The molecule has 4 aliphatic rings. The fraction of sp³-hybridized carbons (Fsp3) is 0.349. The van der Waals surface area contributed by atoms with Crippen LogP contribution in [-0.4, -0.2) is 53.5 Å². The molecule has 0 saturated carbocycles. The Morgan fingerprint density at radius 3 is 2.34 bits per heavy atom. The first-order valence-electron chi connectivity index (χ1n) is 18.3. The van der Waals surface area contributed by atoms with Gasteiger partial charge in [-0.15, -0.1) is 0 Å². The minimum Gasteiger partial charge on any atom is -0.493 e. The number of fused-ring (bicyclic) bond motifs is 2. The Morgan fingerprint density at radius 2 is 1.58 bits per heavy atom. The number of hydrogen-bond acceptors (Lipinski definition) is 10. The monoisotopic (exact) mass is 717 g/mol. The highest BCUT2D eigenvalue weighted by Crippen LogP contribution is 2.53. The maximum absolute atomic E-state index is 7.17. The Kier molecular flexibility index (Phi) is 9.92. The lowest BCUT2D eigenvalue weighted by Gasteiger charge is -2.38. The van der Waals surface area contributed by atoms with E-state index in [9.17, 15) is 0 Å². The van der Waals surface area contributed by atoms with Gasteiger partial charge in [0.15, 0.2) is 34.5 Å². The van der Waals surface area contributed by atoms with Crippen LogP contribution in [0.5, 0.6) is 46.0 Å². The minimum absolute atomic E-state index is 0.0742. The molecule has 4 aliphatic heterocycles. The molecule has 4 aromatic carbocycles. The number of methoxy groups -OCH3 is 4. The molecule has 5 heterocycles. The third kappa shape index (κ3) is 6.78. The molecule has 276 valence electrons. The highest BCUT2D eigenvalue weighted by atomic mass is 16.5. The molecule has 53 heavy (non-hydrogen) atoms. The van der Waals surface area contributed by atoms with Gasteiger partial charge in [0, 0.05) is 36.3 Å². The van der Waals surface area contributed by atoms with Gasteiger partial charge in [-0.1, -0.05) is 18.2 Å². The molecule has 2 unspecified atom stereocenters. The molecule has 9 rings (SSSR count). The summed E-state index contributed by atoms with van der Waals surface area (Å²) in [5.41, 5.74) is 8.03. The lowest BCUT2D eigenvalue weighted by atomic mass is 9.84. The second-order valence-electron chi connectivity index (χ2n) is 13.9. The second-order valence-corrected chi connectivity index (χ2v) is 13.9. The molecule has 5 aromatic rings. The Hall–Kier alpha value is -5.16. The fourth-order valence-corrected chi connectivity index (χ4v) is 8.16. The van der Waals surface area contributed by atoms with Crippen LogP contribution in [0.2, 0.25) is 0 Å². The van der Waals surface area contributed by atoms with Gasteiger partial charge < -0.3 is 43.5 Å². The van der Waals surface area contributed by atoms with Crippen molar-refractivity contribution >= 4 is 0 Å². The summed E-state index contributed by atoms with van der Waals surface area (Å²) in [7, 11) is 8.93. The van der Waals surface area contributed by atoms with Crippen LogP contribution in [0, 0.1) is 0 Å². The Morgan fingerprint density at radius 1 is 0.792 bits per heavy atom. The van der Waals surface area contributed by atoms with Crippen LogP contribution in [0.15, 0.2) is 77.4 Å². The van der Waals surface area contributed by atoms with Gasteiger partial charge in [-0.05, 0) is 116 Å². The molecule has 0 radical (unpaired) electrons. The zero-order valence-electron chi connectivity index (χ0n) is 31.0. The van der Waals surface area contributed by atoms with Gasteiger partial charge in [-0.2, -0.15) is 0 Å². The zero-order valence-corrected chi connectivity index (χ0v) is 31.0. The molecular formula is C43H47N3O7. The van der Waals surface area contributed by atoms with Crippen molar-refractivity contribution in [1.82, 2.24) is 15.5 Å². The van der Waals surface area contributed by atoms with Crippen LogP contribution in [0.1, 0.15) is 56.8 Å². The largest absolute Gasteiger partial charge is 0.493 e. The van der Waals surface area contributed by atoms with Crippen LogP contribution in [0.3, 0.4) is 0 Å². The summed E-state index contributed by atoms with van der Waals surface area (Å²) in [6.45, 7) is 2.85. The topological polar surface area (TPSA) is 95.8 Å². The Bertz CT molecular complexity index is 2080. The number of nitrogens with zero attached hydrogens (tertiary/aromatic N) is 1. The lowest BCUT2D eigenvalue weighted by molar-refractivity contribution is 0.220. The van der Waals surface area contributed by atoms with Crippen molar-refractivity contribution in [2.75, 3.05) is 48.6 Å². The number of rotatable bonds is 8. The third-order valence-corrected chi connectivity index (χ3v) is 10.8. The average molecular weight is 718 g/mol. The summed E-state index contributed by atoms with van der Waals surface area (Å²) in [4.78, 5) is 2.40. The quantitative estimate of drug-likeness (QED) is 0.166. The van der Waals surface area contributed by atoms with Crippen LogP contribution in [0.4, 0.5) is 0 Å². The highest BCUT2D eigenvalue weighted by molar-refractivity contribution is 5.67. The molecule has 0 spiro atoms. The molecule has 1 aromatic heterocycles. The van der Waals surface area contributed by atoms with Crippen molar-refractivity contribution in [2.45, 2.75) is 50.9 Å². The molecule has 2 N–H and O–H groups in total. The fourth-order valence-electron chi connectivity index (χ4n) is 8.16. The molecule has 0 saturated heterocycles. The first-order valence-corrected chi connectivity index (χ1v) is 18.3. The minimum atomic E-state index is -0.0742. The molecule has 0 aliphatic carbocycles. The van der Waals surface area contributed by atoms with Gasteiger partial charge in [-0.25, -0.2) is 0 Å². The smallest absolute Gasteiger partial charge is 0.204 e. The van der Waals surface area contributed by atoms with E-state index in [0.717, 1.165) is 60.6 Å². The first-order chi connectivity index (χ1) is 26.0. The number of likely N-dealkylation sites (N-methyl/N-ethyl adjacent to an activating group) is 1. The van der Waals surface area contributed by atoms with E-state index in [4.69, 9.17) is 32.8 Å². The van der Waals surface area contributed by atoms with Crippen LogP contribution in [-0.2, 0) is 38.8 Å². The van der Waals surface area contributed by atoms with E-state index in [2.05, 4.69) is 59.0 Å². The normalized spacial score (nSPS) is 17.8. The van der Waals surface area contributed by atoms with E-state index in [-0.39, 0.29) is 12.1 Å². The van der Waals surface area contributed by atoms with E-state index in [1.807, 2.05) is 30.3 Å². The highest BCUT2D eigenvalue weighted by Gasteiger charge is 2.37. The van der Waals surface area contributed by atoms with Gasteiger partial charge in [-0.3, -0.25) is 4.90 Å². The molecule has 0 fully saturated rings. The number of hydrogen-bond donors (Lipinski definition) is 2. The third-order valence-electron chi connectivity index (χ3n) is 10.8. The van der Waals surface area contributed by atoms with Gasteiger partial charge in [0.2, 0.25) is 5.75 Å². The van der Waals surface area contributed by atoms with E-state index < -0.39 is 0 Å². The summed E-state index contributed by atoms with van der Waals surface area (Å²) < 4.78 is 43.6. The first kappa shape index (κ1) is 34.9. The van der Waals surface area contributed by atoms with Crippen molar-refractivity contribution in [1.29, 1.82) is 0 Å². The summed E-state index contributed by atoms with van der Waals surface area (Å²) >= 11 is 0. The van der Waals surface area contributed by atoms with E-state index >= 15 is 0 Å². The molecule has 0 amide bonds. The van der Waals surface area contributed by atoms with Gasteiger partial charge >= 0.3 is 0 Å². The Balaban J connectivity index is 1.34. The molecule has 10 heteroatoms.